The number of hydrogen-bond acceptors (Lipinski definition) is 6. The lowest BCUT2D eigenvalue weighted by Gasteiger charge is -2.11. The van der Waals surface area contributed by atoms with E-state index in [0.717, 1.165) is 5.56 Å². The Morgan fingerprint density at radius 2 is 1.63 bits per heavy atom. The highest BCUT2D eigenvalue weighted by Crippen LogP contribution is 2.29. The van der Waals surface area contributed by atoms with Gasteiger partial charge in [-0.05, 0) is 48.9 Å². The van der Waals surface area contributed by atoms with Crippen molar-refractivity contribution in [3.05, 3.63) is 72.8 Å². The van der Waals surface area contributed by atoms with Crippen LogP contribution in [0.25, 0.3) is 0 Å². The summed E-state index contributed by atoms with van der Waals surface area (Å²) in [5.41, 5.74) is 3.63. The van der Waals surface area contributed by atoms with Crippen LogP contribution in [0.3, 0.4) is 0 Å². The van der Waals surface area contributed by atoms with E-state index < -0.39 is 0 Å². The molecule has 7 heteroatoms. The fraction of sp³-hybridized carbons (Fsp3) is 0.217. The molecule has 0 bridgehead atoms. The largest absolute Gasteiger partial charge is 0.493 e. The maximum atomic E-state index is 12.4. The van der Waals surface area contributed by atoms with Crippen molar-refractivity contribution in [1.82, 2.24) is 5.43 Å². The van der Waals surface area contributed by atoms with Crippen LogP contribution >= 0.6 is 0 Å². The van der Waals surface area contributed by atoms with E-state index in [1.807, 2.05) is 13.0 Å². The molecule has 1 N–H and O–H groups in total. The quantitative estimate of drug-likeness (QED) is 0.325. The number of nitrogens with zero attached hydrogens (tertiary/aromatic N) is 1. The Kier molecular flexibility index (Phi) is 8.99. The molecule has 7 nitrogen and oxygen atoms in total. The van der Waals surface area contributed by atoms with E-state index in [9.17, 15) is 4.79 Å². The van der Waals surface area contributed by atoms with Crippen molar-refractivity contribution in [3.63, 3.8) is 0 Å². The summed E-state index contributed by atoms with van der Waals surface area (Å²) in [6.07, 6.45) is 4.81. The number of rotatable bonds is 12. The second kappa shape index (κ2) is 12.0. The lowest BCUT2D eigenvalue weighted by Crippen LogP contribution is -2.17. The highest BCUT2D eigenvalue weighted by Gasteiger charge is 2.11. The summed E-state index contributed by atoms with van der Waals surface area (Å²) in [6.45, 7) is 10.3. The molecule has 0 spiro atoms. The standard InChI is InChI=1S/C23H26N2O5/c1-5-12-29-19-11-9-18(15-21(19)27-4)23(26)25-24-16-17-8-10-20(30-13-6-2)22(14-17)28-7-3/h5-6,8-11,14-16H,1-2,7,12-13H2,3-4H3,(H,25,26)/b24-16+. The van der Waals surface area contributed by atoms with Crippen LogP contribution in [0.5, 0.6) is 23.0 Å². The van der Waals surface area contributed by atoms with Crippen LogP contribution in [0.1, 0.15) is 22.8 Å². The van der Waals surface area contributed by atoms with Crippen molar-refractivity contribution in [2.24, 2.45) is 5.10 Å². The molecule has 30 heavy (non-hydrogen) atoms. The third-order valence-electron chi connectivity index (χ3n) is 3.79. The maximum Gasteiger partial charge on any atom is 0.271 e. The summed E-state index contributed by atoms with van der Waals surface area (Å²) < 4.78 is 21.9. The molecule has 158 valence electrons. The van der Waals surface area contributed by atoms with Gasteiger partial charge in [-0.2, -0.15) is 5.10 Å². The van der Waals surface area contributed by atoms with Gasteiger partial charge in [0.25, 0.3) is 5.91 Å². The minimum absolute atomic E-state index is 0.341. The molecule has 0 fully saturated rings. The van der Waals surface area contributed by atoms with E-state index in [1.54, 1.807) is 42.5 Å². The van der Waals surface area contributed by atoms with Crippen molar-refractivity contribution in [1.29, 1.82) is 0 Å². The van der Waals surface area contributed by atoms with Gasteiger partial charge in [0, 0.05) is 5.56 Å². The fourth-order valence-corrected chi connectivity index (χ4v) is 2.45. The SMILES string of the molecule is C=CCOc1ccc(C(=O)N/N=C/c2ccc(OCC=C)c(OCC)c2)cc1OC. The monoisotopic (exact) mass is 410 g/mol. The summed E-state index contributed by atoms with van der Waals surface area (Å²) in [6, 6.07) is 10.3. The Bertz CT molecular complexity index is 908. The van der Waals surface area contributed by atoms with Gasteiger partial charge in [0.2, 0.25) is 0 Å². The van der Waals surface area contributed by atoms with Crippen molar-refractivity contribution in [2.75, 3.05) is 26.9 Å². The van der Waals surface area contributed by atoms with Crippen LogP contribution in [0.2, 0.25) is 0 Å². The van der Waals surface area contributed by atoms with E-state index in [-0.39, 0.29) is 5.91 Å². The Balaban J connectivity index is 2.07. The number of carbonyl (C=O) groups is 1. The summed E-state index contributed by atoms with van der Waals surface area (Å²) in [4.78, 5) is 12.4. The van der Waals surface area contributed by atoms with E-state index >= 15 is 0 Å². The van der Waals surface area contributed by atoms with Crippen LogP contribution in [0, 0.1) is 0 Å². The van der Waals surface area contributed by atoms with Gasteiger partial charge in [-0.15, -0.1) is 0 Å². The first kappa shape index (κ1) is 22.5. The first-order valence-electron chi connectivity index (χ1n) is 9.38. The first-order valence-corrected chi connectivity index (χ1v) is 9.38. The second-order valence-electron chi connectivity index (χ2n) is 5.90. The van der Waals surface area contributed by atoms with E-state index in [1.165, 1.54) is 13.3 Å². The normalized spacial score (nSPS) is 10.3. The summed E-state index contributed by atoms with van der Waals surface area (Å²) in [7, 11) is 1.51. The van der Waals surface area contributed by atoms with Crippen molar-refractivity contribution < 1.29 is 23.7 Å². The molecule has 0 aliphatic carbocycles. The van der Waals surface area contributed by atoms with Gasteiger partial charge in [0.1, 0.15) is 13.2 Å². The molecule has 2 rings (SSSR count). The summed E-state index contributed by atoms with van der Waals surface area (Å²) in [5.74, 6) is 1.80. The fourth-order valence-electron chi connectivity index (χ4n) is 2.45. The van der Waals surface area contributed by atoms with Crippen LogP contribution in [0.15, 0.2) is 66.8 Å². The highest BCUT2D eigenvalue weighted by molar-refractivity contribution is 5.95. The minimum Gasteiger partial charge on any atom is -0.493 e. The number of hydrazone groups is 1. The highest BCUT2D eigenvalue weighted by atomic mass is 16.5. The molecule has 0 aromatic heterocycles. The molecule has 0 heterocycles. The van der Waals surface area contributed by atoms with Crippen molar-refractivity contribution in [3.8, 4) is 23.0 Å². The topological polar surface area (TPSA) is 78.4 Å². The number of carbonyl (C=O) groups excluding carboxylic acids is 1. The van der Waals surface area contributed by atoms with Crippen LogP contribution in [-0.4, -0.2) is 39.1 Å². The smallest absolute Gasteiger partial charge is 0.271 e. The van der Waals surface area contributed by atoms with Crippen LogP contribution in [-0.2, 0) is 0 Å². The van der Waals surface area contributed by atoms with Crippen LogP contribution in [0.4, 0.5) is 0 Å². The molecule has 0 saturated carbocycles. The Morgan fingerprint density at radius 1 is 0.967 bits per heavy atom. The number of hydrogen-bond donors (Lipinski definition) is 1. The molecule has 0 radical (unpaired) electrons. The van der Waals surface area contributed by atoms with E-state index in [0.29, 0.717) is 48.4 Å². The number of amides is 1. The number of ether oxygens (including phenoxy) is 4. The van der Waals surface area contributed by atoms with E-state index in [4.69, 9.17) is 18.9 Å². The average Bonchev–Trinajstić information content (AvgIpc) is 2.77. The Morgan fingerprint density at radius 3 is 2.27 bits per heavy atom. The van der Waals surface area contributed by atoms with Gasteiger partial charge >= 0.3 is 0 Å². The van der Waals surface area contributed by atoms with Gasteiger partial charge in [0.15, 0.2) is 23.0 Å². The lowest BCUT2D eigenvalue weighted by atomic mass is 10.2. The molecule has 0 aliphatic rings. The zero-order chi connectivity index (χ0) is 21.8. The van der Waals surface area contributed by atoms with Gasteiger partial charge < -0.3 is 18.9 Å². The first-order chi connectivity index (χ1) is 14.6. The molecular formula is C23H26N2O5. The Hall–Kier alpha value is -3.74. The summed E-state index contributed by atoms with van der Waals surface area (Å²) in [5, 5.41) is 4.02. The zero-order valence-electron chi connectivity index (χ0n) is 17.2. The maximum absolute atomic E-state index is 12.4. The Labute approximate surface area is 176 Å². The third-order valence-corrected chi connectivity index (χ3v) is 3.79. The molecular weight excluding hydrogens is 384 g/mol. The van der Waals surface area contributed by atoms with Crippen molar-refractivity contribution >= 4 is 12.1 Å². The average molecular weight is 410 g/mol. The molecule has 0 aliphatic heterocycles. The number of nitrogens with one attached hydrogen (secondary N) is 1. The molecule has 0 saturated heterocycles. The van der Waals surface area contributed by atoms with Crippen LogP contribution < -0.4 is 24.4 Å². The third kappa shape index (κ3) is 6.41. The van der Waals surface area contributed by atoms with Gasteiger partial charge in [-0.1, -0.05) is 25.3 Å². The molecule has 0 atom stereocenters. The van der Waals surface area contributed by atoms with Crippen molar-refractivity contribution in [2.45, 2.75) is 6.92 Å². The number of benzene rings is 2. The zero-order valence-corrected chi connectivity index (χ0v) is 17.2. The predicted octanol–water partition coefficient (Wildman–Crippen LogP) is 3.99. The molecule has 0 unspecified atom stereocenters. The van der Waals surface area contributed by atoms with E-state index in [2.05, 4.69) is 23.7 Å². The lowest BCUT2D eigenvalue weighted by molar-refractivity contribution is 0.0954. The molecule has 2 aromatic carbocycles. The second-order valence-corrected chi connectivity index (χ2v) is 5.90. The van der Waals surface area contributed by atoms with Gasteiger partial charge in [-0.25, -0.2) is 5.43 Å². The predicted molar refractivity (Wildman–Crippen MR) is 117 cm³/mol. The summed E-state index contributed by atoms with van der Waals surface area (Å²) >= 11 is 0. The molecule has 2 aromatic rings. The molecule has 1 amide bonds. The van der Waals surface area contributed by atoms with Gasteiger partial charge in [0.05, 0.1) is 19.9 Å². The van der Waals surface area contributed by atoms with Gasteiger partial charge in [-0.3, -0.25) is 4.79 Å². The minimum atomic E-state index is -0.379. The number of methoxy groups -OCH3 is 1.